The maximum Gasteiger partial charge on any atom is 0.295 e. The molecule has 0 radical (unpaired) electrons. The number of aliphatic hydroxyl groups is 1. The molecule has 0 amide bonds. The SMILES string of the molecule is O=C1C(N=Nc2ccc([N+](=O)[O-])cc2)=CC(N=Nc2ccc(S(=O)(=O)O)c3ccccc23)=C(O)C1=NNc1cc(S(=O)(=O)O)cc2cc(S(=O)(=O)O)cc(O)c12. The monoisotopic (exact) mass is 823 g/mol. The highest BCUT2D eigenvalue weighted by molar-refractivity contribution is 7.86. The third-order valence-corrected chi connectivity index (χ3v) is 10.4. The Morgan fingerprint density at radius 3 is 1.93 bits per heavy atom. The largest absolute Gasteiger partial charge is 0.507 e. The number of hydrogen-bond acceptors (Lipinski definition) is 17. The van der Waals surface area contributed by atoms with Gasteiger partial charge in [0.1, 0.15) is 22.0 Å². The first-order valence-corrected chi connectivity index (χ1v) is 19.4. The summed E-state index contributed by atoms with van der Waals surface area (Å²) in [6.45, 7) is 0. The number of hydrazone groups is 1. The molecule has 5 aromatic carbocycles. The second-order valence-electron chi connectivity index (χ2n) is 11.4. The fraction of sp³-hybridized carbons (Fsp3) is 0. The molecule has 6 N–H and O–H groups in total. The third kappa shape index (κ3) is 7.99. The van der Waals surface area contributed by atoms with Gasteiger partial charge in [-0.05, 0) is 47.9 Å². The first-order valence-electron chi connectivity index (χ1n) is 15.1. The fourth-order valence-corrected chi connectivity index (χ4v) is 7.01. The lowest BCUT2D eigenvalue weighted by atomic mass is 10.0. The number of carbonyl (C=O) groups excluding carboxylic acids is 1. The quantitative estimate of drug-likeness (QED) is 0.0313. The minimum atomic E-state index is -5.02. The van der Waals surface area contributed by atoms with E-state index in [1.807, 2.05) is 0 Å². The number of hydrogen-bond donors (Lipinski definition) is 6. The van der Waals surface area contributed by atoms with E-state index in [1.165, 1.54) is 36.4 Å². The van der Waals surface area contributed by atoms with Gasteiger partial charge in [0.15, 0.2) is 11.5 Å². The molecule has 0 unspecified atom stereocenters. The number of nitrogens with zero attached hydrogens (tertiary/aromatic N) is 6. The summed E-state index contributed by atoms with van der Waals surface area (Å²) in [5.74, 6) is -2.95. The van der Waals surface area contributed by atoms with Crippen molar-refractivity contribution in [3.8, 4) is 5.75 Å². The Bertz CT molecular complexity index is 3030. The van der Waals surface area contributed by atoms with Crippen LogP contribution in [0.1, 0.15) is 0 Å². The van der Waals surface area contributed by atoms with Gasteiger partial charge in [-0.25, -0.2) is 0 Å². The normalized spacial score (nSPS) is 15.0. The van der Waals surface area contributed by atoms with Gasteiger partial charge in [-0.2, -0.15) is 35.5 Å². The van der Waals surface area contributed by atoms with Crippen LogP contribution in [-0.2, 0) is 35.1 Å². The summed E-state index contributed by atoms with van der Waals surface area (Å²) in [6, 6.07) is 15.7. The van der Waals surface area contributed by atoms with E-state index in [4.69, 9.17) is 0 Å². The average Bonchev–Trinajstić information content (AvgIpc) is 3.12. The number of anilines is 1. The van der Waals surface area contributed by atoms with E-state index in [1.54, 1.807) is 6.07 Å². The van der Waals surface area contributed by atoms with Crippen LogP contribution in [0.4, 0.5) is 22.7 Å². The highest BCUT2D eigenvalue weighted by Gasteiger charge is 2.30. The standard InChI is InChI=1S/C32H21N7O14S3/c40-27-14-20(55(48,49)50)12-16-11-19(54(45,46)47)13-24(29(16)27)35-38-30-31(41)25(36-33-17-5-7-18(8-6-17)39(43)44)15-26(32(30)42)37-34-23-9-10-28(56(51,52)53)22-4-2-1-3-21(22)23/h1-15,35,40,42H,(H,45,46,47)(H,48,49,50)(H,51,52,53). The van der Waals surface area contributed by atoms with Crippen molar-refractivity contribution in [2.75, 3.05) is 5.43 Å². The molecule has 5 aromatic rings. The number of Topliss-reactive ketones (excluding diaryl/α,β-unsaturated/α-hetero) is 1. The molecule has 286 valence electrons. The van der Waals surface area contributed by atoms with E-state index in [-0.39, 0.29) is 38.6 Å². The van der Waals surface area contributed by atoms with Gasteiger partial charge in [0.2, 0.25) is 5.78 Å². The summed E-state index contributed by atoms with van der Waals surface area (Å²) < 4.78 is 101. The number of nitro groups is 1. The predicted octanol–water partition coefficient (Wildman–Crippen LogP) is 5.92. The van der Waals surface area contributed by atoms with Crippen LogP contribution >= 0.6 is 0 Å². The summed E-state index contributed by atoms with van der Waals surface area (Å²) >= 11 is 0. The number of non-ortho nitro benzene ring substituents is 1. The number of nitrogens with one attached hydrogen (secondary N) is 1. The first kappa shape index (κ1) is 38.9. The maximum absolute atomic E-state index is 13.7. The van der Waals surface area contributed by atoms with Crippen molar-refractivity contribution < 1.29 is 58.8 Å². The van der Waals surface area contributed by atoms with Crippen LogP contribution in [-0.4, -0.2) is 65.5 Å². The van der Waals surface area contributed by atoms with Gasteiger partial charge in [0, 0.05) is 40.4 Å². The molecule has 0 heterocycles. The lowest BCUT2D eigenvalue weighted by Gasteiger charge is -2.14. The molecule has 21 nitrogen and oxygen atoms in total. The molecule has 6 rings (SSSR count). The van der Waals surface area contributed by atoms with Gasteiger partial charge < -0.3 is 10.2 Å². The topological polar surface area (TPSA) is 338 Å². The molecule has 0 atom stereocenters. The molecule has 0 saturated heterocycles. The second kappa shape index (κ2) is 14.4. The first-order chi connectivity index (χ1) is 26.2. The van der Waals surface area contributed by atoms with E-state index in [0.717, 1.165) is 42.5 Å². The molecule has 56 heavy (non-hydrogen) atoms. The Morgan fingerprint density at radius 1 is 0.696 bits per heavy atom. The Kier molecular flexibility index (Phi) is 10.0. The number of allylic oxidation sites excluding steroid dienone is 3. The molecular weight excluding hydrogens is 803 g/mol. The molecule has 0 aliphatic heterocycles. The Labute approximate surface area is 313 Å². The second-order valence-corrected chi connectivity index (χ2v) is 15.6. The summed E-state index contributed by atoms with van der Waals surface area (Å²) in [4.78, 5) is 21.9. The highest BCUT2D eigenvalue weighted by atomic mass is 32.2. The van der Waals surface area contributed by atoms with Crippen LogP contribution in [0.25, 0.3) is 21.5 Å². The molecule has 1 aliphatic carbocycles. The average molecular weight is 824 g/mol. The summed E-state index contributed by atoms with van der Waals surface area (Å²) in [5.41, 5.74) is -0.306. The number of benzene rings is 5. The number of aliphatic hydroxyl groups excluding tert-OH is 1. The number of rotatable bonds is 10. The predicted molar refractivity (Wildman–Crippen MR) is 195 cm³/mol. The van der Waals surface area contributed by atoms with Crippen LogP contribution in [0, 0.1) is 10.1 Å². The summed E-state index contributed by atoms with van der Waals surface area (Å²) in [6.07, 6.45) is 0.931. The van der Waals surface area contributed by atoms with E-state index < -0.39 is 90.0 Å². The number of ketones is 1. The molecule has 1 aliphatic rings. The minimum Gasteiger partial charge on any atom is -0.507 e. The van der Waals surface area contributed by atoms with E-state index in [2.05, 4.69) is 31.0 Å². The van der Waals surface area contributed by atoms with Crippen molar-refractivity contribution in [3.63, 3.8) is 0 Å². The Morgan fingerprint density at radius 2 is 1.32 bits per heavy atom. The number of nitro benzene ring substituents is 1. The number of aromatic hydroxyl groups is 1. The zero-order chi connectivity index (χ0) is 40.7. The van der Waals surface area contributed by atoms with E-state index in [0.29, 0.717) is 6.07 Å². The van der Waals surface area contributed by atoms with Crippen molar-refractivity contribution in [3.05, 3.63) is 118 Å². The van der Waals surface area contributed by atoms with Crippen molar-refractivity contribution in [2.24, 2.45) is 25.6 Å². The molecule has 0 saturated carbocycles. The number of azo groups is 2. The number of phenolic OH excluding ortho intramolecular Hbond substituents is 1. The maximum atomic E-state index is 13.7. The molecule has 0 bridgehead atoms. The Hall–Kier alpha value is -6.83. The number of fused-ring (bicyclic) bond motifs is 2. The molecule has 0 spiro atoms. The lowest BCUT2D eigenvalue weighted by molar-refractivity contribution is -0.384. The van der Waals surface area contributed by atoms with Crippen LogP contribution in [0.15, 0.2) is 148 Å². The van der Waals surface area contributed by atoms with Crippen molar-refractivity contribution in [2.45, 2.75) is 14.7 Å². The van der Waals surface area contributed by atoms with Gasteiger partial charge in [-0.15, -0.1) is 15.3 Å². The highest BCUT2D eigenvalue weighted by Crippen LogP contribution is 2.37. The van der Waals surface area contributed by atoms with E-state index >= 15 is 0 Å². The lowest BCUT2D eigenvalue weighted by Crippen LogP contribution is -2.24. The molecule has 0 aromatic heterocycles. The fourth-order valence-electron chi connectivity index (χ4n) is 5.24. The van der Waals surface area contributed by atoms with E-state index in [9.17, 15) is 64.0 Å². The number of carbonyl (C=O) groups is 1. The van der Waals surface area contributed by atoms with Crippen molar-refractivity contribution in [1.82, 2.24) is 0 Å². The zero-order valence-electron chi connectivity index (χ0n) is 27.5. The van der Waals surface area contributed by atoms with Crippen LogP contribution in [0.5, 0.6) is 5.75 Å². The molecule has 24 heteroatoms. The van der Waals surface area contributed by atoms with Crippen LogP contribution < -0.4 is 5.43 Å². The van der Waals surface area contributed by atoms with Crippen LogP contribution in [0.2, 0.25) is 0 Å². The number of phenols is 1. The van der Waals surface area contributed by atoms with Gasteiger partial charge in [-0.3, -0.25) is 34.0 Å². The molecule has 0 fully saturated rings. The zero-order valence-corrected chi connectivity index (χ0v) is 29.9. The minimum absolute atomic E-state index is 0.0255. The van der Waals surface area contributed by atoms with Crippen molar-refractivity contribution in [1.29, 1.82) is 0 Å². The Balaban J connectivity index is 1.49. The van der Waals surface area contributed by atoms with Gasteiger partial charge in [0.05, 0.1) is 31.8 Å². The summed E-state index contributed by atoms with van der Waals surface area (Å²) in [5, 5.41) is 52.3. The van der Waals surface area contributed by atoms with Gasteiger partial charge >= 0.3 is 0 Å². The molecular formula is C32H21N7O14S3. The third-order valence-electron chi connectivity index (χ3n) is 7.79. The summed E-state index contributed by atoms with van der Waals surface area (Å²) in [7, 11) is -14.6. The smallest absolute Gasteiger partial charge is 0.295 e. The van der Waals surface area contributed by atoms with Gasteiger partial charge in [-0.1, -0.05) is 24.3 Å². The van der Waals surface area contributed by atoms with Gasteiger partial charge in [0.25, 0.3) is 36.0 Å². The van der Waals surface area contributed by atoms with Crippen LogP contribution in [0.3, 0.4) is 0 Å². The van der Waals surface area contributed by atoms with Crippen molar-refractivity contribution >= 4 is 86.1 Å².